The molecular formula is C15H26N6O. The maximum Gasteiger partial charge on any atom is 0.191 e. The summed E-state index contributed by atoms with van der Waals surface area (Å²) < 4.78 is 1.95. The van der Waals surface area contributed by atoms with Gasteiger partial charge in [0.1, 0.15) is 12.2 Å². The third-order valence-corrected chi connectivity index (χ3v) is 4.56. The Hall–Kier alpha value is -1.63. The fraction of sp³-hybridized carbons (Fsp3) is 0.800. The predicted molar refractivity (Wildman–Crippen MR) is 84.7 cm³/mol. The number of rotatable bonds is 4. The van der Waals surface area contributed by atoms with Gasteiger partial charge >= 0.3 is 0 Å². The van der Waals surface area contributed by atoms with E-state index in [1.165, 1.54) is 0 Å². The lowest BCUT2D eigenvalue weighted by Crippen LogP contribution is -2.47. The first kappa shape index (κ1) is 15.3. The van der Waals surface area contributed by atoms with Crippen molar-refractivity contribution in [2.45, 2.75) is 63.6 Å². The minimum absolute atomic E-state index is 0.297. The molecule has 0 spiro atoms. The highest BCUT2D eigenvalue weighted by atomic mass is 16.3. The Morgan fingerprint density at radius 1 is 1.50 bits per heavy atom. The molecule has 1 aliphatic carbocycles. The van der Waals surface area contributed by atoms with E-state index in [0.717, 1.165) is 63.4 Å². The summed E-state index contributed by atoms with van der Waals surface area (Å²) in [5, 5.41) is 21.4. The molecule has 3 rings (SSSR count). The molecule has 2 heterocycles. The lowest BCUT2D eigenvalue weighted by Gasteiger charge is -2.26. The molecule has 2 aliphatic rings. The summed E-state index contributed by atoms with van der Waals surface area (Å²) in [6.45, 7) is 4.15. The summed E-state index contributed by atoms with van der Waals surface area (Å²) in [6, 6.07) is 0.297. The fourth-order valence-electron chi connectivity index (χ4n) is 3.29. The number of hydrogen-bond acceptors (Lipinski definition) is 4. The number of aryl methyl sites for hydroxylation is 1. The minimum atomic E-state index is -0.603. The molecular weight excluding hydrogens is 280 g/mol. The molecule has 7 nitrogen and oxygen atoms in total. The van der Waals surface area contributed by atoms with Crippen molar-refractivity contribution >= 4 is 5.96 Å². The first-order valence-corrected chi connectivity index (χ1v) is 8.32. The van der Waals surface area contributed by atoms with E-state index in [9.17, 15) is 5.11 Å². The first-order chi connectivity index (χ1) is 10.7. The molecule has 0 radical (unpaired) electrons. The smallest absolute Gasteiger partial charge is 0.191 e. The number of fused-ring (bicyclic) bond motifs is 1. The topological polar surface area (TPSA) is 87.4 Å². The van der Waals surface area contributed by atoms with Crippen LogP contribution in [0.15, 0.2) is 11.3 Å². The van der Waals surface area contributed by atoms with E-state index in [1.807, 2.05) is 4.68 Å². The average Bonchev–Trinajstić information content (AvgIpc) is 3.14. The van der Waals surface area contributed by atoms with Crippen LogP contribution in [0.2, 0.25) is 0 Å². The van der Waals surface area contributed by atoms with Gasteiger partial charge in [-0.25, -0.2) is 9.67 Å². The number of nitrogens with zero attached hydrogens (tertiary/aromatic N) is 4. The molecule has 1 aromatic rings. The van der Waals surface area contributed by atoms with Crippen molar-refractivity contribution in [2.24, 2.45) is 4.99 Å². The Labute approximate surface area is 131 Å². The molecule has 0 saturated heterocycles. The van der Waals surface area contributed by atoms with Crippen LogP contribution in [0, 0.1) is 0 Å². The van der Waals surface area contributed by atoms with Crippen molar-refractivity contribution in [1.29, 1.82) is 0 Å². The third kappa shape index (κ3) is 3.58. The van der Waals surface area contributed by atoms with Gasteiger partial charge in [0, 0.05) is 19.0 Å². The molecule has 122 valence electrons. The highest BCUT2D eigenvalue weighted by Gasteiger charge is 2.31. The van der Waals surface area contributed by atoms with Crippen LogP contribution in [0.4, 0.5) is 0 Å². The fourth-order valence-corrected chi connectivity index (χ4v) is 3.29. The highest BCUT2D eigenvalue weighted by molar-refractivity contribution is 5.80. The van der Waals surface area contributed by atoms with Gasteiger partial charge in [-0.05, 0) is 26.2 Å². The van der Waals surface area contributed by atoms with E-state index in [-0.39, 0.29) is 0 Å². The number of hydrogen-bond donors (Lipinski definition) is 3. The molecule has 0 amide bonds. The van der Waals surface area contributed by atoms with Crippen LogP contribution in [0.1, 0.15) is 44.9 Å². The first-order valence-electron chi connectivity index (χ1n) is 8.32. The number of guanidine groups is 1. The molecule has 3 N–H and O–H groups in total. The Morgan fingerprint density at radius 2 is 2.32 bits per heavy atom. The van der Waals surface area contributed by atoms with Gasteiger partial charge in [0.2, 0.25) is 0 Å². The molecule has 1 aliphatic heterocycles. The zero-order valence-corrected chi connectivity index (χ0v) is 13.3. The Morgan fingerprint density at radius 3 is 3.09 bits per heavy atom. The van der Waals surface area contributed by atoms with Gasteiger partial charge in [0.15, 0.2) is 5.96 Å². The Bertz CT molecular complexity index is 520. The number of aromatic nitrogens is 3. The van der Waals surface area contributed by atoms with Crippen molar-refractivity contribution in [1.82, 2.24) is 25.4 Å². The Balaban J connectivity index is 1.59. The van der Waals surface area contributed by atoms with E-state index in [0.29, 0.717) is 12.6 Å². The quantitative estimate of drug-likeness (QED) is 0.555. The van der Waals surface area contributed by atoms with Gasteiger partial charge in [-0.15, -0.1) is 0 Å². The highest BCUT2D eigenvalue weighted by Crippen LogP contribution is 2.29. The monoisotopic (exact) mass is 306 g/mol. The van der Waals surface area contributed by atoms with Crippen LogP contribution in [-0.4, -0.2) is 50.6 Å². The van der Waals surface area contributed by atoms with E-state index in [2.05, 4.69) is 32.6 Å². The third-order valence-electron chi connectivity index (χ3n) is 4.56. The number of aliphatic hydroxyl groups is 1. The molecule has 1 fully saturated rings. The van der Waals surface area contributed by atoms with Gasteiger partial charge in [0.25, 0.3) is 0 Å². The molecule has 1 atom stereocenters. The second kappa shape index (κ2) is 6.64. The van der Waals surface area contributed by atoms with Crippen LogP contribution >= 0.6 is 0 Å². The van der Waals surface area contributed by atoms with Crippen LogP contribution in [-0.2, 0) is 13.0 Å². The summed E-state index contributed by atoms with van der Waals surface area (Å²) in [7, 11) is 0. The number of nitrogens with one attached hydrogen (secondary N) is 2. The lowest BCUT2D eigenvalue weighted by molar-refractivity contribution is 0.0574. The van der Waals surface area contributed by atoms with Crippen molar-refractivity contribution in [3.63, 3.8) is 0 Å². The molecule has 1 aromatic heterocycles. The van der Waals surface area contributed by atoms with Crippen LogP contribution in [0.3, 0.4) is 0 Å². The summed E-state index contributed by atoms with van der Waals surface area (Å²) in [5.74, 6) is 1.84. The summed E-state index contributed by atoms with van der Waals surface area (Å²) in [6.07, 6.45) is 7.51. The van der Waals surface area contributed by atoms with E-state index >= 15 is 0 Å². The molecule has 0 aromatic carbocycles. The molecule has 22 heavy (non-hydrogen) atoms. The maximum absolute atomic E-state index is 10.4. The Kier molecular flexibility index (Phi) is 4.61. The van der Waals surface area contributed by atoms with Crippen molar-refractivity contribution in [3.8, 4) is 0 Å². The SMILES string of the molecule is CCNC(=NCC1(O)CCCC1)NC1CCc2ncnn2C1. The standard InChI is InChI=1S/C15H26N6O/c1-2-16-14(17-10-15(22)7-3-4-8-15)20-12-5-6-13-18-11-19-21(13)9-12/h11-12,22H,2-10H2,1H3,(H2,16,17,20). The second-order valence-corrected chi connectivity index (χ2v) is 6.36. The van der Waals surface area contributed by atoms with E-state index < -0.39 is 5.60 Å². The van der Waals surface area contributed by atoms with Gasteiger partial charge < -0.3 is 15.7 Å². The summed E-state index contributed by atoms with van der Waals surface area (Å²) in [4.78, 5) is 8.85. The zero-order chi connectivity index (χ0) is 15.4. The molecule has 7 heteroatoms. The van der Waals surface area contributed by atoms with Crippen LogP contribution in [0.25, 0.3) is 0 Å². The molecule has 1 unspecified atom stereocenters. The number of aliphatic imine (C=N–C) groups is 1. The normalized spacial score (nSPS) is 24.1. The van der Waals surface area contributed by atoms with Gasteiger partial charge in [-0.1, -0.05) is 12.8 Å². The van der Waals surface area contributed by atoms with E-state index in [1.54, 1.807) is 6.33 Å². The van der Waals surface area contributed by atoms with Crippen LogP contribution < -0.4 is 10.6 Å². The van der Waals surface area contributed by atoms with Crippen molar-refractivity contribution in [3.05, 3.63) is 12.2 Å². The van der Waals surface area contributed by atoms with Crippen LogP contribution in [0.5, 0.6) is 0 Å². The second-order valence-electron chi connectivity index (χ2n) is 6.36. The average molecular weight is 306 g/mol. The summed E-state index contributed by atoms with van der Waals surface area (Å²) >= 11 is 0. The summed E-state index contributed by atoms with van der Waals surface area (Å²) in [5.41, 5.74) is -0.603. The van der Waals surface area contributed by atoms with Crippen molar-refractivity contribution in [2.75, 3.05) is 13.1 Å². The van der Waals surface area contributed by atoms with Crippen molar-refractivity contribution < 1.29 is 5.11 Å². The van der Waals surface area contributed by atoms with E-state index in [4.69, 9.17) is 0 Å². The van der Waals surface area contributed by atoms with Gasteiger partial charge in [0.05, 0.1) is 18.7 Å². The lowest BCUT2D eigenvalue weighted by atomic mass is 10.0. The molecule has 0 bridgehead atoms. The van der Waals surface area contributed by atoms with Gasteiger partial charge in [-0.3, -0.25) is 4.99 Å². The minimum Gasteiger partial charge on any atom is -0.388 e. The van der Waals surface area contributed by atoms with Gasteiger partial charge in [-0.2, -0.15) is 5.10 Å². The molecule has 1 saturated carbocycles. The maximum atomic E-state index is 10.4. The zero-order valence-electron chi connectivity index (χ0n) is 13.3. The largest absolute Gasteiger partial charge is 0.388 e. The predicted octanol–water partition coefficient (Wildman–Crippen LogP) is 0.453.